The van der Waals surface area contributed by atoms with Crippen LogP contribution in [0.3, 0.4) is 0 Å². The zero-order valence-corrected chi connectivity index (χ0v) is 19.7. The maximum atomic E-state index is 14.7. The van der Waals surface area contributed by atoms with Gasteiger partial charge in [0.2, 0.25) is 5.91 Å². The number of hydrogen-bond donors (Lipinski definition) is 1. The fraction of sp³-hybridized carbons (Fsp3) is 0.842. The molecule has 1 N–H and O–H groups in total. The van der Waals surface area contributed by atoms with E-state index in [4.69, 9.17) is 4.74 Å². The van der Waals surface area contributed by atoms with Crippen LogP contribution in [0.25, 0.3) is 0 Å². The number of nitrogens with zero attached hydrogens (tertiary/aromatic N) is 1. The Hall–Kier alpha value is -2.22. The summed E-state index contributed by atoms with van der Waals surface area (Å²) in [7, 11) is 0. The van der Waals surface area contributed by atoms with E-state index in [1.54, 1.807) is 0 Å². The summed E-state index contributed by atoms with van der Waals surface area (Å²) in [6.45, 7) is -0.741. The molecule has 1 rings (SSSR count). The standard InChI is InChI=1S/C19H19F17N2O2/c1-2-3-4-37-10(9-11(39)38-5-7-40-8-6-38)12(20,21)13(22,23)14(24,25)15(26,27)16(28,29)17(30,31)18(32,33)19(34,35)36/h9,37H,2-8H2,1H3/b10-9-. The highest BCUT2D eigenvalue weighted by atomic mass is 19.4. The number of nitrogens with one attached hydrogen (secondary N) is 1. The molecule has 0 saturated carbocycles. The van der Waals surface area contributed by atoms with Crippen molar-refractivity contribution in [2.75, 3.05) is 32.8 Å². The molecular formula is C19H19F17N2O2. The van der Waals surface area contributed by atoms with Crippen molar-refractivity contribution in [3.63, 3.8) is 0 Å². The van der Waals surface area contributed by atoms with Gasteiger partial charge in [0.15, 0.2) is 0 Å². The molecule has 1 aliphatic heterocycles. The van der Waals surface area contributed by atoms with Gasteiger partial charge in [0, 0.05) is 25.7 Å². The molecule has 1 amide bonds. The van der Waals surface area contributed by atoms with Crippen molar-refractivity contribution in [1.82, 2.24) is 10.2 Å². The van der Waals surface area contributed by atoms with E-state index in [-0.39, 0.29) is 39.1 Å². The second-order valence-electron chi connectivity index (χ2n) is 8.29. The average molecular weight is 630 g/mol. The van der Waals surface area contributed by atoms with Crippen LogP contribution in [0.2, 0.25) is 0 Å². The first-order valence-electron chi connectivity index (χ1n) is 10.7. The monoisotopic (exact) mass is 630 g/mol. The van der Waals surface area contributed by atoms with Crippen molar-refractivity contribution in [1.29, 1.82) is 0 Å². The molecule has 40 heavy (non-hydrogen) atoms. The quantitative estimate of drug-likeness (QED) is 0.161. The molecule has 1 heterocycles. The highest BCUT2D eigenvalue weighted by Crippen LogP contribution is 2.64. The van der Waals surface area contributed by atoms with Gasteiger partial charge in [-0.1, -0.05) is 13.3 Å². The van der Waals surface area contributed by atoms with Gasteiger partial charge in [-0.3, -0.25) is 4.79 Å². The van der Waals surface area contributed by atoms with Crippen LogP contribution in [0.4, 0.5) is 74.6 Å². The van der Waals surface area contributed by atoms with Crippen molar-refractivity contribution in [3.8, 4) is 0 Å². The fourth-order valence-corrected chi connectivity index (χ4v) is 2.98. The largest absolute Gasteiger partial charge is 0.460 e. The molecular weight excluding hydrogens is 611 g/mol. The van der Waals surface area contributed by atoms with Gasteiger partial charge in [-0.25, -0.2) is 0 Å². The van der Waals surface area contributed by atoms with Gasteiger partial charge in [0.05, 0.1) is 18.9 Å². The van der Waals surface area contributed by atoms with E-state index < -0.39 is 71.9 Å². The van der Waals surface area contributed by atoms with Crippen molar-refractivity contribution in [2.24, 2.45) is 0 Å². The highest BCUT2D eigenvalue weighted by Gasteiger charge is 2.95. The first-order valence-corrected chi connectivity index (χ1v) is 10.7. The number of hydrogen-bond acceptors (Lipinski definition) is 3. The topological polar surface area (TPSA) is 41.6 Å². The van der Waals surface area contributed by atoms with E-state index in [0.717, 1.165) is 0 Å². The van der Waals surface area contributed by atoms with Crippen LogP contribution < -0.4 is 5.32 Å². The normalized spacial score (nSPS) is 17.8. The first-order chi connectivity index (χ1) is 17.7. The van der Waals surface area contributed by atoms with Crippen LogP contribution in [0.15, 0.2) is 11.8 Å². The number of morpholine rings is 1. The minimum atomic E-state index is -8.72. The third-order valence-electron chi connectivity index (χ3n) is 5.50. The molecule has 0 unspecified atom stereocenters. The predicted molar refractivity (Wildman–Crippen MR) is 99.1 cm³/mol. The van der Waals surface area contributed by atoms with Crippen LogP contribution in [0, 0.1) is 0 Å². The highest BCUT2D eigenvalue weighted by molar-refractivity contribution is 5.88. The summed E-state index contributed by atoms with van der Waals surface area (Å²) >= 11 is 0. The summed E-state index contributed by atoms with van der Waals surface area (Å²) in [5.41, 5.74) is -2.60. The third-order valence-corrected chi connectivity index (χ3v) is 5.50. The van der Waals surface area contributed by atoms with Crippen molar-refractivity contribution >= 4 is 5.91 Å². The minimum absolute atomic E-state index is 0.0720. The van der Waals surface area contributed by atoms with Crippen LogP contribution in [0.1, 0.15) is 19.8 Å². The number of ether oxygens (including phenoxy) is 1. The van der Waals surface area contributed by atoms with Crippen molar-refractivity contribution in [3.05, 3.63) is 11.8 Å². The van der Waals surface area contributed by atoms with Crippen LogP contribution >= 0.6 is 0 Å². The summed E-state index contributed by atoms with van der Waals surface area (Å²) in [6, 6.07) is 0. The summed E-state index contributed by atoms with van der Waals surface area (Å²) in [5.74, 6) is -59.1. The number of halogens is 17. The molecule has 0 aromatic carbocycles. The molecule has 4 nitrogen and oxygen atoms in total. The summed E-state index contributed by atoms with van der Waals surface area (Å²) in [5, 5.41) is 1.34. The first kappa shape index (κ1) is 35.8. The van der Waals surface area contributed by atoms with Gasteiger partial charge in [-0.15, -0.1) is 0 Å². The number of rotatable bonds is 12. The van der Waals surface area contributed by atoms with E-state index in [1.165, 1.54) is 12.2 Å². The molecule has 1 fully saturated rings. The lowest BCUT2D eigenvalue weighted by atomic mass is 9.88. The average Bonchev–Trinajstić information content (AvgIpc) is 2.82. The van der Waals surface area contributed by atoms with Crippen LogP contribution in [-0.2, 0) is 9.53 Å². The van der Waals surface area contributed by atoms with Crippen LogP contribution in [-0.4, -0.2) is 91.3 Å². The minimum Gasteiger partial charge on any atom is -0.383 e. The number of allylic oxidation sites excluding steroid dienone is 1. The molecule has 0 atom stereocenters. The SMILES string of the molecule is CCCCN/C(=C\C(=O)N1CCOCC1)C(F)(F)C(F)(F)C(F)(F)C(F)(F)C(F)(F)C(F)(F)C(F)(F)C(F)(F)F. The zero-order chi connectivity index (χ0) is 31.8. The lowest BCUT2D eigenvalue weighted by Crippen LogP contribution is -2.74. The second-order valence-corrected chi connectivity index (χ2v) is 8.29. The molecule has 0 spiro atoms. The lowest BCUT2D eigenvalue weighted by Gasteiger charge is -2.43. The maximum Gasteiger partial charge on any atom is 0.460 e. The Morgan fingerprint density at radius 1 is 0.700 bits per heavy atom. The van der Waals surface area contributed by atoms with Crippen molar-refractivity contribution < 1.29 is 84.2 Å². The number of carbonyl (C=O) groups is 1. The third kappa shape index (κ3) is 5.62. The van der Waals surface area contributed by atoms with Gasteiger partial charge < -0.3 is 15.0 Å². The van der Waals surface area contributed by atoms with E-state index in [2.05, 4.69) is 0 Å². The van der Waals surface area contributed by atoms with Gasteiger partial charge in [0.25, 0.3) is 0 Å². The Balaban J connectivity index is 3.70. The van der Waals surface area contributed by atoms with E-state index in [0.29, 0.717) is 4.90 Å². The molecule has 0 radical (unpaired) electrons. The maximum absolute atomic E-state index is 14.7. The molecule has 0 aromatic heterocycles. The Morgan fingerprint density at radius 3 is 1.50 bits per heavy atom. The smallest absolute Gasteiger partial charge is 0.383 e. The molecule has 1 aliphatic rings. The number of alkyl halides is 17. The van der Waals surface area contributed by atoms with Crippen molar-refractivity contribution in [2.45, 2.75) is 67.4 Å². The number of unbranched alkanes of at least 4 members (excludes halogenated alkanes) is 1. The van der Waals surface area contributed by atoms with E-state index >= 15 is 0 Å². The zero-order valence-electron chi connectivity index (χ0n) is 19.7. The number of amides is 1. The van der Waals surface area contributed by atoms with Crippen LogP contribution in [0.5, 0.6) is 0 Å². The fourth-order valence-electron chi connectivity index (χ4n) is 2.98. The molecule has 21 heteroatoms. The van der Waals surface area contributed by atoms with E-state index in [1.807, 2.05) is 0 Å². The molecule has 1 saturated heterocycles. The second kappa shape index (κ2) is 11.2. The predicted octanol–water partition coefficient (Wildman–Crippen LogP) is 6.13. The molecule has 0 aromatic rings. The van der Waals surface area contributed by atoms with Gasteiger partial charge in [-0.2, -0.15) is 74.6 Å². The molecule has 0 bridgehead atoms. The molecule has 0 aliphatic carbocycles. The Bertz CT molecular complexity index is 924. The number of carbonyl (C=O) groups excluding carboxylic acids is 1. The Morgan fingerprint density at radius 2 is 1.10 bits per heavy atom. The molecule has 236 valence electrons. The lowest BCUT2D eigenvalue weighted by molar-refractivity contribution is -0.460. The van der Waals surface area contributed by atoms with E-state index in [9.17, 15) is 79.4 Å². The summed E-state index contributed by atoms with van der Waals surface area (Å²) in [6.07, 6.45) is -8.50. The summed E-state index contributed by atoms with van der Waals surface area (Å²) < 4.78 is 236. The summed E-state index contributed by atoms with van der Waals surface area (Å²) in [4.78, 5) is 12.8. The van der Waals surface area contributed by atoms with Gasteiger partial charge in [0.1, 0.15) is 0 Å². The Kier molecular flexibility index (Phi) is 10.0. The van der Waals surface area contributed by atoms with Gasteiger partial charge >= 0.3 is 47.6 Å². The van der Waals surface area contributed by atoms with Gasteiger partial charge in [-0.05, 0) is 6.42 Å². The Labute approximate surface area is 213 Å².